The fraction of sp³-hybridized carbons (Fsp3) is 0.733. The lowest BCUT2D eigenvalue weighted by Gasteiger charge is -2.36. The normalized spacial score (nSPS) is 25.2. The molecule has 2 atom stereocenters. The third kappa shape index (κ3) is 3.74. The molecule has 2 fully saturated rings. The number of hydrogen-bond donors (Lipinski definition) is 2. The van der Waals surface area contributed by atoms with Gasteiger partial charge in [0.1, 0.15) is 0 Å². The summed E-state index contributed by atoms with van der Waals surface area (Å²) >= 11 is 0. The first-order valence-electron chi connectivity index (χ1n) is 8.63. The van der Waals surface area contributed by atoms with Crippen LogP contribution in [-0.2, 0) is 4.74 Å². The van der Waals surface area contributed by atoms with Gasteiger partial charge in [-0.1, -0.05) is 0 Å². The first kappa shape index (κ1) is 17.6. The number of hydrogen-bond acceptors (Lipinski definition) is 8. The van der Waals surface area contributed by atoms with Gasteiger partial charge < -0.3 is 25.2 Å². The maximum absolute atomic E-state index is 11.5. The van der Waals surface area contributed by atoms with Crippen molar-refractivity contribution in [1.29, 1.82) is 0 Å². The maximum Gasteiger partial charge on any atom is 0.353 e. The van der Waals surface area contributed by atoms with Crippen LogP contribution >= 0.6 is 0 Å². The average molecular weight is 352 g/mol. The molecule has 0 aromatic carbocycles. The molecule has 10 heteroatoms. The molecule has 2 aliphatic rings. The molecule has 1 aromatic heterocycles. The smallest absolute Gasteiger partial charge is 0.353 e. The Labute approximate surface area is 146 Å². The number of nitrogens with two attached hydrogens (primary N) is 1. The number of morpholine rings is 1. The van der Waals surface area contributed by atoms with Gasteiger partial charge in [0, 0.05) is 13.1 Å². The van der Waals surface area contributed by atoms with E-state index in [1.807, 2.05) is 23.6 Å². The minimum Gasteiger partial charge on any atom is -0.378 e. The second kappa shape index (κ2) is 6.96. The fourth-order valence-electron chi connectivity index (χ4n) is 3.43. The monoisotopic (exact) mass is 352 g/mol. The van der Waals surface area contributed by atoms with E-state index in [0.29, 0.717) is 37.9 Å². The van der Waals surface area contributed by atoms with Gasteiger partial charge in [-0.05, 0) is 13.8 Å². The zero-order chi connectivity index (χ0) is 18.1. The Kier molecular flexibility index (Phi) is 4.91. The first-order chi connectivity index (χ1) is 11.8. The van der Waals surface area contributed by atoms with E-state index in [0.717, 1.165) is 13.1 Å². The second-order valence-corrected chi connectivity index (χ2v) is 6.94. The number of likely N-dealkylation sites (N-methyl/N-ethyl adjacent to an activating group) is 1. The van der Waals surface area contributed by atoms with Crippen LogP contribution in [0.4, 0.5) is 23.3 Å². The predicted octanol–water partition coefficient (Wildman–Crippen LogP) is -1.08. The number of piperazine rings is 1. The summed E-state index contributed by atoms with van der Waals surface area (Å²) in [5, 5.41) is 11.5. The number of nitrogen functional groups attached to an aromatic ring is 1. The number of quaternary nitrogens is 1. The van der Waals surface area contributed by atoms with Crippen molar-refractivity contribution in [2.75, 3.05) is 61.8 Å². The number of rotatable bonds is 3. The molecule has 0 aliphatic carbocycles. The van der Waals surface area contributed by atoms with E-state index in [-0.39, 0.29) is 23.7 Å². The molecule has 0 spiro atoms. The van der Waals surface area contributed by atoms with Gasteiger partial charge in [-0.2, -0.15) is 9.97 Å². The van der Waals surface area contributed by atoms with Crippen molar-refractivity contribution in [3.05, 3.63) is 10.1 Å². The standard InChI is InChI=1S/C15H25N7O3/c1-10-8-21(9-11(2)25-10)15-17-13(16)12(22(23)24)14(18-15)20-6-4-19(3)5-7-20/h10-11H,4-9H2,1-3H3,(H2,16,17,18)/p+1/t10-,11-/m0/s1. The van der Waals surface area contributed by atoms with Gasteiger partial charge in [0.25, 0.3) is 0 Å². The summed E-state index contributed by atoms with van der Waals surface area (Å²) in [5.74, 6) is 0.682. The summed E-state index contributed by atoms with van der Waals surface area (Å²) in [6.07, 6.45) is 0.0823. The highest BCUT2D eigenvalue weighted by Gasteiger charge is 2.32. The van der Waals surface area contributed by atoms with E-state index in [9.17, 15) is 10.1 Å². The quantitative estimate of drug-likeness (QED) is 0.521. The highest BCUT2D eigenvalue weighted by Crippen LogP contribution is 2.33. The Balaban J connectivity index is 1.97. The summed E-state index contributed by atoms with van der Waals surface area (Å²) in [5.41, 5.74) is 5.75. The lowest BCUT2D eigenvalue weighted by Crippen LogP contribution is -3.12. The van der Waals surface area contributed by atoms with Crippen molar-refractivity contribution >= 4 is 23.3 Å². The van der Waals surface area contributed by atoms with E-state index >= 15 is 0 Å². The van der Waals surface area contributed by atoms with Crippen molar-refractivity contribution in [1.82, 2.24) is 9.97 Å². The van der Waals surface area contributed by atoms with Crippen LogP contribution in [0.25, 0.3) is 0 Å². The summed E-state index contributed by atoms with van der Waals surface area (Å²) in [4.78, 5) is 25.1. The van der Waals surface area contributed by atoms with Gasteiger partial charge in [-0.15, -0.1) is 0 Å². The molecule has 3 heterocycles. The molecule has 2 aliphatic heterocycles. The van der Waals surface area contributed by atoms with Gasteiger partial charge >= 0.3 is 5.69 Å². The molecule has 2 saturated heterocycles. The molecule has 1 aromatic rings. The third-order valence-electron chi connectivity index (χ3n) is 4.68. The minimum absolute atomic E-state index is 0.0412. The van der Waals surface area contributed by atoms with Gasteiger partial charge in [0.15, 0.2) is 0 Å². The van der Waals surface area contributed by atoms with Gasteiger partial charge in [-0.25, -0.2) is 0 Å². The Hall–Kier alpha value is -2.20. The summed E-state index contributed by atoms with van der Waals surface area (Å²) in [7, 11) is 2.11. The highest BCUT2D eigenvalue weighted by atomic mass is 16.6. The van der Waals surface area contributed by atoms with E-state index < -0.39 is 4.92 Å². The molecule has 3 N–H and O–H groups in total. The topological polar surface area (TPSA) is 115 Å². The number of nitrogens with one attached hydrogen (secondary N) is 1. The van der Waals surface area contributed by atoms with Crippen molar-refractivity contribution < 1.29 is 14.6 Å². The molecule has 0 saturated carbocycles. The van der Waals surface area contributed by atoms with Crippen LogP contribution in [0.15, 0.2) is 0 Å². The van der Waals surface area contributed by atoms with Crippen LogP contribution < -0.4 is 20.4 Å². The lowest BCUT2D eigenvalue weighted by atomic mass is 10.2. The largest absolute Gasteiger partial charge is 0.378 e. The van der Waals surface area contributed by atoms with Crippen molar-refractivity contribution in [2.45, 2.75) is 26.1 Å². The van der Waals surface area contributed by atoms with E-state index in [2.05, 4.69) is 17.0 Å². The van der Waals surface area contributed by atoms with Crippen LogP contribution in [0.3, 0.4) is 0 Å². The molecule has 0 unspecified atom stereocenters. The molecular formula is C15H26N7O3+. The Morgan fingerprint density at radius 3 is 2.36 bits per heavy atom. The van der Waals surface area contributed by atoms with Crippen molar-refractivity contribution in [3.8, 4) is 0 Å². The van der Waals surface area contributed by atoms with E-state index in [4.69, 9.17) is 10.5 Å². The molecule has 0 amide bonds. The molecule has 25 heavy (non-hydrogen) atoms. The highest BCUT2D eigenvalue weighted by molar-refractivity contribution is 5.71. The molecule has 138 valence electrons. The van der Waals surface area contributed by atoms with Crippen LogP contribution in [0.1, 0.15) is 13.8 Å². The number of nitro groups is 1. The van der Waals surface area contributed by atoms with E-state index in [1.54, 1.807) is 0 Å². The number of ether oxygens (including phenoxy) is 1. The van der Waals surface area contributed by atoms with Crippen LogP contribution in [-0.4, -0.2) is 73.4 Å². The maximum atomic E-state index is 11.5. The third-order valence-corrected chi connectivity index (χ3v) is 4.68. The average Bonchev–Trinajstić information content (AvgIpc) is 2.53. The summed E-state index contributed by atoms with van der Waals surface area (Å²) in [6, 6.07) is 0. The van der Waals surface area contributed by atoms with Gasteiger partial charge in [0.05, 0.1) is 50.4 Å². The number of nitrogens with zero attached hydrogens (tertiary/aromatic N) is 5. The summed E-state index contributed by atoms with van der Waals surface area (Å²) < 4.78 is 5.74. The molecule has 3 rings (SSSR count). The Morgan fingerprint density at radius 1 is 1.20 bits per heavy atom. The molecule has 0 bridgehead atoms. The number of anilines is 3. The van der Waals surface area contributed by atoms with Crippen molar-refractivity contribution in [3.63, 3.8) is 0 Å². The first-order valence-corrected chi connectivity index (χ1v) is 8.63. The molecule has 0 radical (unpaired) electrons. The Bertz CT molecular complexity index is 638. The predicted molar refractivity (Wildman–Crippen MR) is 94.2 cm³/mol. The zero-order valence-corrected chi connectivity index (χ0v) is 14.9. The van der Waals surface area contributed by atoms with Crippen LogP contribution in [0, 0.1) is 10.1 Å². The SMILES string of the molecule is C[C@H]1CN(c2nc(N)c([N+](=O)[O-])c(N3CC[NH+](C)CC3)n2)C[C@H](C)O1. The Morgan fingerprint density at radius 2 is 1.80 bits per heavy atom. The van der Waals surface area contributed by atoms with Crippen LogP contribution in [0.2, 0.25) is 0 Å². The van der Waals surface area contributed by atoms with Gasteiger partial charge in [0.2, 0.25) is 17.6 Å². The van der Waals surface area contributed by atoms with E-state index in [1.165, 1.54) is 4.90 Å². The minimum atomic E-state index is -0.482. The van der Waals surface area contributed by atoms with Gasteiger partial charge in [-0.3, -0.25) is 10.1 Å². The summed E-state index contributed by atoms with van der Waals surface area (Å²) in [6.45, 7) is 8.46. The fourth-order valence-corrected chi connectivity index (χ4v) is 3.43. The van der Waals surface area contributed by atoms with Crippen molar-refractivity contribution in [2.24, 2.45) is 0 Å². The second-order valence-electron chi connectivity index (χ2n) is 6.94. The lowest BCUT2D eigenvalue weighted by molar-refractivity contribution is -0.880. The molecule has 10 nitrogen and oxygen atoms in total. The zero-order valence-electron chi connectivity index (χ0n) is 14.9. The number of aromatic nitrogens is 2. The molecular weight excluding hydrogens is 326 g/mol. The van der Waals surface area contributed by atoms with Crippen LogP contribution in [0.5, 0.6) is 0 Å².